The summed E-state index contributed by atoms with van der Waals surface area (Å²) in [6.07, 6.45) is 0. The van der Waals surface area contributed by atoms with Crippen molar-refractivity contribution in [2.45, 2.75) is 44.9 Å². The second-order valence-corrected chi connectivity index (χ2v) is 12.1. The van der Waals surface area contributed by atoms with Crippen molar-refractivity contribution < 1.29 is 13.2 Å². The molecule has 0 spiro atoms. The van der Waals surface area contributed by atoms with Gasteiger partial charge in [-0.15, -0.1) is 0 Å². The first-order valence-electron chi connectivity index (χ1n) is 10.6. The summed E-state index contributed by atoms with van der Waals surface area (Å²) in [5.41, 5.74) is 2.89. The second kappa shape index (κ2) is 8.39. The number of aryl methyl sites for hydroxylation is 1. The molecule has 0 aliphatic carbocycles. The van der Waals surface area contributed by atoms with Gasteiger partial charge < -0.3 is 5.32 Å². The van der Waals surface area contributed by atoms with Gasteiger partial charge in [-0.1, -0.05) is 57.2 Å². The van der Waals surface area contributed by atoms with E-state index in [0.29, 0.717) is 16.6 Å². The van der Waals surface area contributed by atoms with Gasteiger partial charge in [-0.2, -0.15) is 9.78 Å². The molecule has 1 amide bonds. The maximum absolute atomic E-state index is 13.1. The SMILES string of the molecule is CCS(=O)(=O)c1ccccc1C(=O)Nc1cc(C)nn1-c1nc2ccc(C(C)(C)C)cc2s1. The average Bonchev–Trinajstić information content (AvgIpc) is 3.35. The molecular formula is C24H26N4O3S2. The van der Waals surface area contributed by atoms with Crippen molar-refractivity contribution in [1.29, 1.82) is 0 Å². The van der Waals surface area contributed by atoms with Crippen molar-refractivity contribution in [3.63, 3.8) is 0 Å². The summed E-state index contributed by atoms with van der Waals surface area (Å²) in [7, 11) is -3.55. The van der Waals surface area contributed by atoms with E-state index in [1.54, 1.807) is 29.8 Å². The monoisotopic (exact) mass is 482 g/mol. The summed E-state index contributed by atoms with van der Waals surface area (Å²) in [6.45, 7) is 9.87. The number of sulfone groups is 1. The largest absolute Gasteiger partial charge is 0.306 e. The van der Waals surface area contributed by atoms with Crippen LogP contribution in [0.15, 0.2) is 53.4 Å². The Kier molecular flexibility index (Phi) is 5.88. The zero-order valence-corrected chi connectivity index (χ0v) is 20.8. The van der Waals surface area contributed by atoms with E-state index in [1.165, 1.54) is 29.0 Å². The standard InChI is InChI=1S/C24H26N4O3S2/c1-6-33(30,31)20-10-8-7-9-17(20)22(29)26-21-13-15(2)27-28(21)23-25-18-12-11-16(24(3,4)5)14-19(18)32-23/h7-14H,6H2,1-5H3,(H,26,29). The first kappa shape index (κ1) is 23.1. The van der Waals surface area contributed by atoms with Crippen molar-refractivity contribution in [1.82, 2.24) is 14.8 Å². The van der Waals surface area contributed by atoms with Gasteiger partial charge in [0.15, 0.2) is 9.84 Å². The van der Waals surface area contributed by atoms with Crippen LogP contribution in [-0.2, 0) is 15.3 Å². The minimum Gasteiger partial charge on any atom is -0.306 e. The molecule has 0 saturated heterocycles. The number of carbonyl (C=O) groups is 1. The molecule has 1 N–H and O–H groups in total. The molecule has 4 rings (SSSR count). The van der Waals surface area contributed by atoms with Crippen LogP contribution < -0.4 is 5.32 Å². The summed E-state index contributed by atoms with van der Waals surface area (Å²) in [5.74, 6) is -0.174. The highest BCUT2D eigenvalue weighted by molar-refractivity contribution is 7.91. The normalized spacial score (nSPS) is 12.3. The van der Waals surface area contributed by atoms with E-state index >= 15 is 0 Å². The first-order valence-corrected chi connectivity index (χ1v) is 13.1. The lowest BCUT2D eigenvalue weighted by Gasteiger charge is -2.18. The fraction of sp³-hybridized carbons (Fsp3) is 0.292. The van der Waals surface area contributed by atoms with Crippen molar-refractivity contribution in [3.05, 3.63) is 65.4 Å². The van der Waals surface area contributed by atoms with Gasteiger partial charge in [0.2, 0.25) is 5.13 Å². The van der Waals surface area contributed by atoms with Crippen LogP contribution in [0, 0.1) is 6.92 Å². The molecule has 2 heterocycles. The van der Waals surface area contributed by atoms with Gasteiger partial charge in [-0.05, 0) is 42.2 Å². The Morgan fingerprint density at radius 3 is 2.55 bits per heavy atom. The number of carbonyl (C=O) groups excluding carboxylic acids is 1. The Morgan fingerprint density at radius 2 is 1.85 bits per heavy atom. The van der Waals surface area contributed by atoms with E-state index in [9.17, 15) is 13.2 Å². The lowest BCUT2D eigenvalue weighted by Crippen LogP contribution is -2.19. The third-order valence-corrected chi connectivity index (χ3v) is 8.12. The lowest BCUT2D eigenvalue weighted by atomic mass is 9.87. The molecule has 0 radical (unpaired) electrons. The van der Waals surface area contributed by atoms with Crippen molar-refractivity contribution in [3.8, 4) is 5.13 Å². The summed E-state index contributed by atoms with van der Waals surface area (Å²) in [5, 5.41) is 7.96. The predicted octanol–water partition coefficient (Wildman–Crippen LogP) is 5.13. The van der Waals surface area contributed by atoms with Gasteiger partial charge in [0.05, 0.1) is 32.1 Å². The van der Waals surface area contributed by atoms with E-state index < -0.39 is 15.7 Å². The summed E-state index contributed by atoms with van der Waals surface area (Å²) in [6, 6.07) is 14.2. The van der Waals surface area contributed by atoms with Crippen LogP contribution in [0.1, 0.15) is 49.3 Å². The van der Waals surface area contributed by atoms with Gasteiger partial charge in [0.1, 0.15) is 5.82 Å². The fourth-order valence-electron chi connectivity index (χ4n) is 3.47. The molecule has 33 heavy (non-hydrogen) atoms. The maximum atomic E-state index is 13.1. The van der Waals surface area contributed by atoms with Crippen LogP contribution in [-0.4, -0.2) is 34.8 Å². The number of nitrogens with zero attached hydrogens (tertiary/aromatic N) is 3. The van der Waals surface area contributed by atoms with Crippen molar-refractivity contribution in [2.24, 2.45) is 0 Å². The Morgan fingerprint density at radius 1 is 1.12 bits per heavy atom. The van der Waals surface area contributed by atoms with Crippen LogP contribution in [0.2, 0.25) is 0 Å². The minimum absolute atomic E-state index is 0.0162. The van der Waals surface area contributed by atoms with Crippen LogP contribution in [0.4, 0.5) is 5.82 Å². The van der Waals surface area contributed by atoms with E-state index in [-0.39, 0.29) is 21.6 Å². The molecule has 0 unspecified atom stereocenters. The molecule has 4 aromatic rings. The number of nitrogens with one attached hydrogen (secondary N) is 1. The minimum atomic E-state index is -3.55. The Hall–Kier alpha value is -3.04. The summed E-state index contributed by atoms with van der Waals surface area (Å²) >= 11 is 1.48. The highest BCUT2D eigenvalue weighted by Gasteiger charge is 2.23. The smallest absolute Gasteiger partial charge is 0.258 e. The zero-order chi connectivity index (χ0) is 24.0. The lowest BCUT2D eigenvalue weighted by molar-refractivity contribution is 0.102. The number of anilines is 1. The number of thiazole rings is 1. The number of rotatable bonds is 5. The summed E-state index contributed by atoms with van der Waals surface area (Å²) < 4.78 is 27.5. The molecule has 0 fully saturated rings. The number of hydrogen-bond donors (Lipinski definition) is 1. The molecule has 9 heteroatoms. The zero-order valence-electron chi connectivity index (χ0n) is 19.2. The molecule has 0 aliphatic rings. The fourth-order valence-corrected chi connectivity index (χ4v) is 5.53. The van der Waals surface area contributed by atoms with Crippen LogP contribution in [0.3, 0.4) is 0 Å². The van der Waals surface area contributed by atoms with Gasteiger partial charge in [-0.3, -0.25) is 4.79 Å². The van der Waals surface area contributed by atoms with Crippen molar-refractivity contribution in [2.75, 3.05) is 11.1 Å². The highest BCUT2D eigenvalue weighted by atomic mass is 32.2. The number of amides is 1. The van der Waals surface area contributed by atoms with E-state index in [2.05, 4.69) is 43.3 Å². The third kappa shape index (κ3) is 4.56. The van der Waals surface area contributed by atoms with Gasteiger partial charge in [-0.25, -0.2) is 13.4 Å². The number of fused-ring (bicyclic) bond motifs is 1. The van der Waals surface area contributed by atoms with E-state index in [0.717, 1.165) is 10.2 Å². The summed E-state index contributed by atoms with van der Waals surface area (Å²) in [4.78, 5) is 17.8. The molecule has 0 aliphatic heterocycles. The number of aromatic nitrogens is 3. The third-order valence-electron chi connectivity index (χ3n) is 5.34. The number of hydrogen-bond acceptors (Lipinski definition) is 6. The quantitative estimate of drug-likeness (QED) is 0.425. The molecule has 172 valence electrons. The number of benzene rings is 2. The molecule has 7 nitrogen and oxygen atoms in total. The van der Waals surface area contributed by atoms with Gasteiger partial charge in [0, 0.05) is 6.07 Å². The maximum Gasteiger partial charge on any atom is 0.258 e. The predicted molar refractivity (Wildman–Crippen MR) is 132 cm³/mol. The Balaban J connectivity index is 1.72. The van der Waals surface area contributed by atoms with Gasteiger partial charge in [0.25, 0.3) is 5.91 Å². The molecule has 2 aromatic carbocycles. The Bertz CT molecular complexity index is 1460. The van der Waals surface area contributed by atoms with Crippen LogP contribution in [0.25, 0.3) is 15.3 Å². The first-order chi connectivity index (χ1) is 15.5. The van der Waals surface area contributed by atoms with Crippen molar-refractivity contribution >= 4 is 43.1 Å². The van der Waals surface area contributed by atoms with E-state index in [4.69, 9.17) is 4.98 Å². The van der Waals surface area contributed by atoms with Gasteiger partial charge >= 0.3 is 0 Å². The molecular weight excluding hydrogens is 456 g/mol. The molecule has 0 atom stereocenters. The second-order valence-electron chi connectivity index (χ2n) is 8.87. The average molecular weight is 483 g/mol. The topological polar surface area (TPSA) is 94.0 Å². The Labute approximate surface area is 197 Å². The van der Waals surface area contributed by atoms with Crippen LogP contribution >= 0.6 is 11.3 Å². The molecule has 0 bridgehead atoms. The van der Waals surface area contributed by atoms with Crippen LogP contribution in [0.5, 0.6) is 0 Å². The molecule has 2 aromatic heterocycles. The molecule has 0 saturated carbocycles. The van der Waals surface area contributed by atoms with E-state index in [1.807, 2.05) is 13.0 Å². The highest BCUT2D eigenvalue weighted by Crippen LogP contribution is 2.32.